The Morgan fingerprint density at radius 2 is 1.56 bits per heavy atom. The van der Waals surface area contributed by atoms with Crippen molar-refractivity contribution in [2.75, 3.05) is 30.3 Å². The zero-order valence-corrected chi connectivity index (χ0v) is 24.1. The number of nitrogens with zero attached hydrogens (tertiary/aromatic N) is 2. The lowest BCUT2D eigenvalue weighted by molar-refractivity contribution is -0.117. The van der Waals surface area contributed by atoms with Gasteiger partial charge in [-0.3, -0.25) is 4.79 Å². The highest BCUT2D eigenvalue weighted by Crippen LogP contribution is 2.32. The first-order valence-electron chi connectivity index (χ1n) is 13.4. The molecule has 0 saturated carbocycles. The van der Waals surface area contributed by atoms with E-state index < -0.39 is 5.60 Å². The van der Waals surface area contributed by atoms with E-state index >= 15 is 0 Å². The fourth-order valence-corrected chi connectivity index (χ4v) is 5.58. The van der Waals surface area contributed by atoms with Gasteiger partial charge in [0.15, 0.2) is 0 Å². The first-order valence-corrected chi connectivity index (χ1v) is 14.1. The third kappa shape index (κ3) is 7.79. The first kappa shape index (κ1) is 29.0. The summed E-state index contributed by atoms with van der Waals surface area (Å²) >= 11 is 12.4. The molecule has 2 aliphatic heterocycles. The maximum absolute atomic E-state index is 12.7. The Morgan fingerprint density at radius 3 is 2.18 bits per heavy atom. The molecule has 4 rings (SSSR count). The predicted octanol–water partition coefficient (Wildman–Crippen LogP) is 7.13. The number of likely N-dealkylation sites (tertiary alicyclic amines) is 2. The van der Waals surface area contributed by atoms with E-state index in [0.717, 1.165) is 31.4 Å². The number of nitrogens with one attached hydrogen (secondary N) is 2. The Hall–Kier alpha value is -2.97. The lowest BCUT2D eigenvalue weighted by Gasteiger charge is -2.32. The smallest absolute Gasteiger partial charge is 0.410 e. The average molecular weight is 576 g/mol. The molecule has 2 aliphatic rings. The molecule has 1 atom stereocenters. The molecule has 2 fully saturated rings. The Morgan fingerprint density at radius 1 is 0.923 bits per heavy atom. The van der Waals surface area contributed by atoms with Gasteiger partial charge < -0.3 is 25.2 Å². The minimum atomic E-state index is -0.567. The molecule has 0 radical (unpaired) electrons. The minimum absolute atomic E-state index is 0.124. The summed E-state index contributed by atoms with van der Waals surface area (Å²) in [6.45, 7) is 7.36. The van der Waals surface area contributed by atoms with E-state index in [4.69, 9.17) is 27.9 Å². The number of hydrogen-bond acceptors (Lipinski definition) is 4. The van der Waals surface area contributed by atoms with Crippen LogP contribution in [0.15, 0.2) is 42.5 Å². The Labute approximate surface area is 240 Å². The lowest BCUT2D eigenvalue weighted by Crippen LogP contribution is -2.41. The monoisotopic (exact) mass is 574 g/mol. The number of rotatable bonds is 5. The van der Waals surface area contributed by atoms with Gasteiger partial charge in [-0.1, -0.05) is 41.4 Å². The molecule has 2 saturated heterocycles. The third-order valence-corrected chi connectivity index (χ3v) is 7.70. The third-order valence-electron chi connectivity index (χ3n) is 7.07. The molecular weight excluding hydrogens is 539 g/mol. The number of urea groups is 1. The van der Waals surface area contributed by atoms with Gasteiger partial charge in [0.25, 0.3) is 0 Å². The van der Waals surface area contributed by atoms with Gasteiger partial charge >= 0.3 is 12.1 Å². The molecule has 210 valence electrons. The van der Waals surface area contributed by atoms with E-state index in [2.05, 4.69) is 10.6 Å². The van der Waals surface area contributed by atoms with Crippen molar-refractivity contribution < 1.29 is 19.1 Å². The summed E-state index contributed by atoms with van der Waals surface area (Å²) in [5.41, 5.74) is 1.76. The molecule has 8 nitrogen and oxygen atoms in total. The van der Waals surface area contributed by atoms with E-state index in [1.165, 1.54) is 5.56 Å². The molecule has 39 heavy (non-hydrogen) atoms. The van der Waals surface area contributed by atoms with Crippen LogP contribution in [0.4, 0.5) is 21.0 Å². The molecule has 0 aromatic heterocycles. The molecular formula is C29H36Cl2N4O4. The molecule has 2 aromatic carbocycles. The molecule has 0 spiro atoms. The van der Waals surface area contributed by atoms with Crippen LogP contribution in [0.3, 0.4) is 0 Å². The molecule has 2 heterocycles. The van der Waals surface area contributed by atoms with Gasteiger partial charge in [0.1, 0.15) is 5.60 Å². The summed E-state index contributed by atoms with van der Waals surface area (Å²) in [6, 6.07) is 12.6. The molecule has 2 N–H and O–H groups in total. The number of anilines is 2. The van der Waals surface area contributed by atoms with Crippen LogP contribution in [0.5, 0.6) is 0 Å². The van der Waals surface area contributed by atoms with Crippen molar-refractivity contribution >= 4 is 52.6 Å². The maximum Gasteiger partial charge on any atom is 0.410 e. The van der Waals surface area contributed by atoms with Crippen molar-refractivity contribution in [3.8, 4) is 0 Å². The van der Waals surface area contributed by atoms with Crippen LogP contribution < -0.4 is 10.6 Å². The second-order valence-electron chi connectivity index (χ2n) is 11.1. The fraction of sp³-hybridized carbons (Fsp3) is 0.483. The second-order valence-corrected chi connectivity index (χ2v) is 11.9. The van der Waals surface area contributed by atoms with Crippen LogP contribution in [-0.4, -0.2) is 59.1 Å². The summed E-state index contributed by atoms with van der Waals surface area (Å²) < 4.78 is 5.50. The standard InChI is InChI=1S/C29H36Cl2N4O4/c1-29(2,3)39-28(38)35-15-5-6-22(35)18-25(36)32-21-11-9-19(10-12-21)20-13-16-34(17-14-20)27(37)33-26-23(30)7-4-8-24(26)31/h4,7-12,20,22H,5-6,13-18H2,1-3H3,(H,32,36)(H,33,37). The van der Waals surface area contributed by atoms with Crippen molar-refractivity contribution in [3.05, 3.63) is 58.1 Å². The van der Waals surface area contributed by atoms with Crippen molar-refractivity contribution in [2.45, 2.75) is 70.4 Å². The average Bonchev–Trinajstić information content (AvgIpc) is 3.34. The van der Waals surface area contributed by atoms with Crippen molar-refractivity contribution in [2.24, 2.45) is 0 Å². The number of ether oxygens (including phenoxy) is 1. The van der Waals surface area contributed by atoms with E-state index in [1.54, 1.807) is 28.0 Å². The number of carbonyl (C=O) groups is 3. The summed E-state index contributed by atoms with van der Waals surface area (Å²) in [5.74, 6) is 0.199. The molecule has 0 bridgehead atoms. The highest BCUT2D eigenvalue weighted by atomic mass is 35.5. The van der Waals surface area contributed by atoms with Crippen molar-refractivity contribution in [1.82, 2.24) is 9.80 Å². The highest BCUT2D eigenvalue weighted by Gasteiger charge is 2.33. The first-order chi connectivity index (χ1) is 18.5. The number of benzene rings is 2. The topological polar surface area (TPSA) is 91.0 Å². The van der Waals surface area contributed by atoms with Gasteiger partial charge in [-0.15, -0.1) is 0 Å². The minimum Gasteiger partial charge on any atom is -0.444 e. The summed E-state index contributed by atoms with van der Waals surface area (Å²) in [7, 11) is 0. The van der Waals surface area contributed by atoms with E-state index in [9.17, 15) is 14.4 Å². The lowest BCUT2D eigenvalue weighted by atomic mass is 9.89. The number of hydrogen-bond donors (Lipinski definition) is 2. The number of amides is 4. The van der Waals surface area contributed by atoms with Crippen molar-refractivity contribution in [3.63, 3.8) is 0 Å². The normalized spacial score (nSPS) is 18.1. The second kappa shape index (κ2) is 12.5. The Kier molecular flexibility index (Phi) is 9.28. The van der Waals surface area contributed by atoms with Gasteiger partial charge in [0.2, 0.25) is 5.91 Å². The maximum atomic E-state index is 12.7. The van der Waals surface area contributed by atoms with Crippen LogP contribution in [0.25, 0.3) is 0 Å². The number of halogens is 2. The van der Waals surface area contributed by atoms with Crippen LogP contribution in [-0.2, 0) is 9.53 Å². The van der Waals surface area contributed by atoms with Crippen molar-refractivity contribution in [1.29, 1.82) is 0 Å². The van der Waals surface area contributed by atoms with Gasteiger partial charge in [0, 0.05) is 37.8 Å². The number of piperidine rings is 1. The van der Waals surface area contributed by atoms with Gasteiger partial charge in [-0.25, -0.2) is 9.59 Å². The zero-order chi connectivity index (χ0) is 28.2. The fourth-order valence-electron chi connectivity index (χ4n) is 5.09. The zero-order valence-electron chi connectivity index (χ0n) is 22.6. The Bertz CT molecular complexity index is 1170. The van der Waals surface area contributed by atoms with Crippen LogP contribution >= 0.6 is 23.2 Å². The summed E-state index contributed by atoms with van der Waals surface area (Å²) in [5, 5.41) is 6.60. The van der Waals surface area contributed by atoms with E-state index in [1.807, 2.05) is 45.0 Å². The summed E-state index contributed by atoms with van der Waals surface area (Å²) in [6.07, 6.45) is 3.18. The summed E-state index contributed by atoms with van der Waals surface area (Å²) in [4.78, 5) is 41.4. The number of carbonyl (C=O) groups excluding carboxylic acids is 3. The highest BCUT2D eigenvalue weighted by molar-refractivity contribution is 6.39. The van der Waals surface area contributed by atoms with Crippen LogP contribution in [0.2, 0.25) is 10.0 Å². The van der Waals surface area contributed by atoms with Crippen LogP contribution in [0, 0.1) is 0 Å². The van der Waals surface area contributed by atoms with Gasteiger partial charge in [-0.05, 0) is 82.2 Å². The molecule has 1 unspecified atom stereocenters. The predicted molar refractivity (Wildman–Crippen MR) is 155 cm³/mol. The molecule has 4 amide bonds. The largest absolute Gasteiger partial charge is 0.444 e. The molecule has 10 heteroatoms. The Balaban J connectivity index is 1.25. The van der Waals surface area contributed by atoms with Gasteiger partial charge in [-0.2, -0.15) is 0 Å². The molecule has 0 aliphatic carbocycles. The SMILES string of the molecule is CC(C)(C)OC(=O)N1CCCC1CC(=O)Nc1ccc(C2CCN(C(=O)Nc3c(Cl)cccc3Cl)CC2)cc1. The number of para-hydroxylation sites is 1. The quantitative estimate of drug-likeness (QED) is 0.397. The van der Waals surface area contributed by atoms with Gasteiger partial charge in [0.05, 0.1) is 15.7 Å². The van der Waals surface area contributed by atoms with Crippen LogP contribution in [0.1, 0.15) is 64.4 Å². The van der Waals surface area contributed by atoms with E-state index in [-0.39, 0.29) is 30.5 Å². The molecule has 2 aromatic rings. The van der Waals surface area contributed by atoms with E-state index in [0.29, 0.717) is 41.3 Å².